The quantitative estimate of drug-likeness (QED) is 0.355. The van der Waals surface area contributed by atoms with E-state index in [4.69, 9.17) is 4.74 Å². The van der Waals surface area contributed by atoms with Gasteiger partial charge in [0.2, 0.25) is 0 Å². The highest BCUT2D eigenvalue weighted by Crippen LogP contribution is 2.59. The molecule has 0 N–H and O–H groups in total. The minimum atomic E-state index is 0.171. The summed E-state index contributed by atoms with van der Waals surface area (Å²) in [6, 6.07) is 22.5. The van der Waals surface area contributed by atoms with Crippen molar-refractivity contribution in [1.29, 1.82) is 0 Å². The summed E-state index contributed by atoms with van der Waals surface area (Å²) in [6.07, 6.45) is 0.171. The highest BCUT2D eigenvalue weighted by molar-refractivity contribution is 5.72. The first kappa shape index (κ1) is 16.6. The second-order valence-corrected chi connectivity index (χ2v) is 8.43. The number of rotatable bonds is 3. The Bertz CT molecular complexity index is 981. The van der Waals surface area contributed by atoms with Gasteiger partial charge in [0.05, 0.1) is 6.10 Å². The Labute approximate surface area is 162 Å². The van der Waals surface area contributed by atoms with Crippen molar-refractivity contribution in [3.8, 4) is 5.75 Å². The number of hydrogen-bond acceptors (Lipinski definition) is 1. The number of hydrogen-bond donors (Lipinski definition) is 0. The van der Waals surface area contributed by atoms with Gasteiger partial charge in [-0.1, -0.05) is 68.4 Å². The summed E-state index contributed by atoms with van der Waals surface area (Å²) in [7, 11) is 0. The number of ether oxygens (including phenoxy) is 1. The van der Waals surface area contributed by atoms with E-state index in [0.717, 1.165) is 5.75 Å². The van der Waals surface area contributed by atoms with Crippen LogP contribution in [-0.4, -0.2) is 6.10 Å². The van der Waals surface area contributed by atoms with E-state index in [9.17, 15) is 0 Å². The van der Waals surface area contributed by atoms with E-state index in [2.05, 4.69) is 88.4 Å². The lowest BCUT2D eigenvalue weighted by Gasteiger charge is -2.44. The molecule has 0 unspecified atom stereocenters. The molecule has 0 amide bonds. The Morgan fingerprint density at radius 3 is 1.56 bits per heavy atom. The maximum absolute atomic E-state index is 6.33. The molecule has 3 aliphatic rings. The molecule has 3 aromatic carbocycles. The molecule has 0 atom stereocenters. The third kappa shape index (κ3) is 2.31. The molecular formula is C26H26O. The van der Waals surface area contributed by atoms with Crippen LogP contribution in [0.25, 0.3) is 0 Å². The normalized spacial score (nSPS) is 19.0. The third-order valence-corrected chi connectivity index (χ3v) is 6.08. The Kier molecular flexibility index (Phi) is 3.69. The van der Waals surface area contributed by atoms with E-state index in [1.165, 1.54) is 38.9 Å². The first-order valence-corrected chi connectivity index (χ1v) is 10.1. The van der Waals surface area contributed by atoms with Crippen LogP contribution in [0.4, 0.5) is 0 Å². The fourth-order valence-corrected chi connectivity index (χ4v) is 5.14. The predicted octanol–water partition coefficient (Wildman–Crippen LogP) is 6.58. The topological polar surface area (TPSA) is 9.23 Å². The van der Waals surface area contributed by atoms with Crippen molar-refractivity contribution in [2.24, 2.45) is 0 Å². The van der Waals surface area contributed by atoms with Crippen LogP contribution in [0.5, 0.6) is 5.75 Å². The molecule has 2 bridgehead atoms. The van der Waals surface area contributed by atoms with Crippen LogP contribution < -0.4 is 4.74 Å². The van der Waals surface area contributed by atoms with Crippen molar-refractivity contribution in [3.63, 3.8) is 0 Å². The van der Waals surface area contributed by atoms with Crippen LogP contribution in [0.2, 0.25) is 0 Å². The van der Waals surface area contributed by atoms with Crippen LogP contribution in [0.15, 0.2) is 60.7 Å². The fraction of sp³-hybridized carbons (Fsp3) is 0.308. The summed E-state index contributed by atoms with van der Waals surface area (Å²) in [5, 5.41) is 0. The fourth-order valence-electron chi connectivity index (χ4n) is 5.14. The van der Waals surface area contributed by atoms with E-state index in [0.29, 0.717) is 11.8 Å². The smallest absolute Gasteiger partial charge is 0.124 e. The summed E-state index contributed by atoms with van der Waals surface area (Å²) in [5.41, 5.74) is 10.2. The largest absolute Gasteiger partial charge is 0.491 e. The molecule has 3 aliphatic carbocycles. The van der Waals surface area contributed by atoms with Crippen LogP contribution in [0.3, 0.4) is 0 Å². The maximum atomic E-state index is 6.33. The van der Waals surface area contributed by atoms with Gasteiger partial charge in [-0.05, 0) is 59.2 Å². The summed E-state index contributed by atoms with van der Waals surface area (Å²) in [4.78, 5) is 0. The summed E-state index contributed by atoms with van der Waals surface area (Å²) in [5.74, 6) is 2.13. The molecule has 0 fully saturated rings. The monoisotopic (exact) mass is 354 g/mol. The minimum Gasteiger partial charge on any atom is -0.491 e. The molecule has 0 aliphatic heterocycles. The van der Waals surface area contributed by atoms with Gasteiger partial charge in [0, 0.05) is 17.4 Å². The Hall–Kier alpha value is -2.54. The van der Waals surface area contributed by atoms with Gasteiger partial charge >= 0.3 is 0 Å². The molecule has 0 heterocycles. The molecule has 0 aromatic heterocycles. The van der Waals surface area contributed by atoms with E-state index in [1.807, 2.05) is 0 Å². The zero-order valence-corrected chi connectivity index (χ0v) is 16.5. The second kappa shape index (κ2) is 5.99. The van der Waals surface area contributed by atoms with Crippen LogP contribution in [-0.2, 0) is 0 Å². The van der Waals surface area contributed by atoms with Gasteiger partial charge in [0.15, 0.2) is 0 Å². The van der Waals surface area contributed by atoms with Crippen LogP contribution in [0.1, 0.15) is 84.4 Å². The average molecular weight is 354 g/mol. The molecule has 0 radical (unpaired) electrons. The second-order valence-electron chi connectivity index (χ2n) is 8.43. The lowest BCUT2D eigenvalue weighted by molar-refractivity contribution is 0.239. The highest BCUT2D eigenvalue weighted by Gasteiger charge is 2.44. The van der Waals surface area contributed by atoms with Crippen molar-refractivity contribution in [2.75, 3.05) is 0 Å². The third-order valence-electron chi connectivity index (χ3n) is 6.08. The zero-order valence-electron chi connectivity index (χ0n) is 16.5. The van der Waals surface area contributed by atoms with Crippen LogP contribution >= 0.6 is 0 Å². The molecule has 136 valence electrons. The van der Waals surface area contributed by atoms with E-state index in [-0.39, 0.29) is 12.0 Å². The van der Waals surface area contributed by atoms with Gasteiger partial charge in [-0.3, -0.25) is 0 Å². The van der Waals surface area contributed by atoms with Crippen LogP contribution in [0, 0.1) is 0 Å². The first-order valence-electron chi connectivity index (χ1n) is 10.1. The molecule has 6 rings (SSSR count). The van der Waals surface area contributed by atoms with E-state index in [1.54, 1.807) is 0 Å². The van der Waals surface area contributed by atoms with Gasteiger partial charge < -0.3 is 4.74 Å². The standard InChI is InChI=1S/C26H26O/c1-15(2)17-13-14-22(27-16(3)4)26-24-20-11-7-5-9-18(20)23(25(17)26)19-10-6-8-12-21(19)24/h5-16,23-24H,1-4H3. The van der Waals surface area contributed by atoms with Crippen molar-refractivity contribution >= 4 is 0 Å². The van der Waals surface area contributed by atoms with Crippen molar-refractivity contribution in [2.45, 2.75) is 51.6 Å². The molecule has 0 saturated carbocycles. The van der Waals surface area contributed by atoms with Crippen molar-refractivity contribution in [3.05, 3.63) is 99.6 Å². The molecule has 1 heteroatoms. The SMILES string of the molecule is CC(C)Oc1ccc(C(C)C)c2c1C1c3ccccc3C2c2ccccc21. The molecule has 0 spiro atoms. The average Bonchev–Trinajstić information content (AvgIpc) is 2.67. The maximum Gasteiger partial charge on any atom is 0.124 e. The van der Waals surface area contributed by atoms with Crippen molar-refractivity contribution in [1.82, 2.24) is 0 Å². The Morgan fingerprint density at radius 2 is 1.11 bits per heavy atom. The van der Waals surface area contributed by atoms with Gasteiger partial charge in [-0.15, -0.1) is 0 Å². The molecule has 1 nitrogen and oxygen atoms in total. The zero-order chi connectivity index (χ0) is 18.7. The van der Waals surface area contributed by atoms with Gasteiger partial charge in [0.1, 0.15) is 5.75 Å². The lowest BCUT2D eigenvalue weighted by atomic mass is 9.59. The van der Waals surface area contributed by atoms with Gasteiger partial charge in [-0.25, -0.2) is 0 Å². The lowest BCUT2D eigenvalue weighted by Crippen LogP contribution is -2.29. The summed E-state index contributed by atoms with van der Waals surface area (Å²) in [6.45, 7) is 8.84. The van der Waals surface area contributed by atoms with Gasteiger partial charge in [-0.2, -0.15) is 0 Å². The molecule has 0 saturated heterocycles. The first-order chi connectivity index (χ1) is 13.1. The predicted molar refractivity (Wildman–Crippen MR) is 111 cm³/mol. The van der Waals surface area contributed by atoms with Gasteiger partial charge in [0.25, 0.3) is 0 Å². The number of benzene rings is 3. The minimum absolute atomic E-state index is 0.171. The molecule has 3 aromatic rings. The summed E-state index contributed by atoms with van der Waals surface area (Å²) < 4.78 is 6.33. The molecule has 27 heavy (non-hydrogen) atoms. The van der Waals surface area contributed by atoms with E-state index < -0.39 is 0 Å². The highest BCUT2D eigenvalue weighted by atomic mass is 16.5. The molecular weight excluding hydrogens is 328 g/mol. The Balaban J connectivity index is 1.88. The van der Waals surface area contributed by atoms with E-state index >= 15 is 0 Å². The summed E-state index contributed by atoms with van der Waals surface area (Å²) >= 11 is 0. The van der Waals surface area contributed by atoms with Crippen molar-refractivity contribution < 1.29 is 4.74 Å². The Morgan fingerprint density at radius 1 is 0.630 bits per heavy atom.